The van der Waals surface area contributed by atoms with Gasteiger partial charge in [-0.05, 0) is 5.75 Å². The van der Waals surface area contributed by atoms with Crippen molar-refractivity contribution in [2.75, 3.05) is 5.75 Å². The van der Waals surface area contributed by atoms with Crippen molar-refractivity contribution in [2.24, 2.45) is 0 Å². The van der Waals surface area contributed by atoms with Crippen molar-refractivity contribution < 1.29 is 9.79 Å². The monoisotopic (exact) mass is 126 g/mol. The van der Waals surface area contributed by atoms with Gasteiger partial charge in [-0.15, -0.1) is 0 Å². The molecule has 6 heavy (non-hydrogen) atoms. The summed E-state index contributed by atoms with van der Waals surface area (Å²) in [6, 6.07) is 0. The Morgan fingerprint density at radius 1 is 1.67 bits per heavy atom. The van der Waals surface area contributed by atoms with Gasteiger partial charge >= 0.3 is 0 Å². The first-order valence-corrected chi connectivity index (χ1v) is 4.42. The molecule has 0 aliphatic carbocycles. The first kappa shape index (κ1) is 6.70. The van der Waals surface area contributed by atoms with Crippen molar-refractivity contribution in [1.82, 2.24) is 0 Å². The Kier molecular flexibility index (Phi) is 4.33. The zero-order valence-electron chi connectivity index (χ0n) is 3.46. The first-order valence-electron chi connectivity index (χ1n) is 1.58. The Bertz CT molecular complexity index is 32.7. The van der Waals surface area contributed by atoms with E-state index in [1.807, 2.05) is 6.92 Å². The zero-order chi connectivity index (χ0) is 4.99. The minimum Gasteiger partial charge on any atom is -0.342 e. The van der Waals surface area contributed by atoms with Crippen LogP contribution in [-0.4, -0.2) is 15.5 Å². The molecule has 2 N–H and O–H groups in total. The fourth-order valence-electron chi connectivity index (χ4n) is 0.115. The molecule has 0 spiro atoms. The number of rotatable bonds is 2. The molecular weight excluding hydrogens is 119 g/mol. The Balaban J connectivity index is 2.63. The molecule has 38 valence electrons. The van der Waals surface area contributed by atoms with Gasteiger partial charge in [-0.2, -0.15) is 0 Å². The third-order valence-electron chi connectivity index (χ3n) is 0.245. The Hall–Kier alpha value is 0.700. The molecular formula is C2H7O2PS. The average Bonchev–Trinajstić information content (AvgIpc) is 1.35. The Labute approximate surface area is 42.2 Å². The number of hydrogen-bond acceptors (Lipinski definition) is 3. The van der Waals surface area contributed by atoms with Gasteiger partial charge in [0.2, 0.25) is 7.58 Å². The first-order chi connectivity index (χ1) is 2.77. The highest BCUT2D eigenvalue weighted by Crippen LogP contribution is 2.39. The highest BCUT2D eigenvalue weighted by atomic mass is 32.7. The molecule has 0 aromatic carbocycles. The average molecular weight is 126 g/mol. The van der Waals surface area contributed by atoms with Crippen LogP contribution in [0.25, 0.3) is 0 Å². The lowest BCUT2D eigenvalue weighted by Crippen LogP contribution is -1.61. The predicted octanol–water partition coefficient (Wildman–Crippen LogP) is 0.951. The number of hydrogen-bond donors (Lipinski definition) is 2. The van der Waals surface area contributed by atoms with Crippen LogP contribution in [0.5, 0.6) is 0 Å². The van der Waals surface area contributed by atoms with Crippen molar-refractivity contribution in [3.8, 4) is 0 Å². The molecule has 0 aromatic heterocycles. The van der Waals surface area contributed by atoms with E-state index >= 15 is 0 Å². The van der Waals surface area contributed by atoms with Gasteiger partial charge in [0.05, 0.1) is 0 Å². The maximum Gasteiger partial charge on any atom is 0.232 e. The maximum absolute atomic E-state index is 8.14. The second-order valence-corrected chi connectivity index (χ2v) is 3.77. The molecule has 0 aliphatic rings. The van der Waals surface area contributed by atoms with Crippen molar-refractivity contribution in [3.63, 3.8) is 0 Å². The third kappa shape index (κ3) is 4.70. The van der Waals surface area contributed by atoms with Crippen LogP contribution in [0.2, 0.25) is 0 Å². The molecule has 0 bridgehead atoms. The normalized spacial score (nSPS) is 10.0. The molecule has 0 aromatic rings. The van der Waals surface area contributed by atoms with Gasteiger partial charge in [0, 0.05) is 0 Å². The molecule has 0 heterocycles. The van der Waals surface area contributed by atoms with Crippen LogP contribution in [0.3, 0.4) is 0 Å². The lowest BCUT2D eigenvalue weighted by atomic mass is 11.0. The fourth-order valence-corrected chi connectivity index (χ4v) is 1.04. The van der Waals surface area contributed by atoms with Crippen LogP contribution in [0.1, 0.15) is 6.92 Å². The SMILES string of the molecule is CCSP(O)O. The summed E-state index contributed by atoms with van der Waals surface area (Å²) in [4.78, 5) is 16.3. The predicted molar refractivity (Wildman–Crippen MR) is 29.5 cm³/mol. The van der Waals surface area contributed by atoms with Gasteiger partial charge in [0.1, 0.15) is 0 Å². The van der Waals surface area contributed by atoms with E-state index in [-0.39, 0.29) is 0 Å². The Morgan fingerprint density at radius 3 is 2.17 bits per heavy atom. The third-order valence-corrected chi connectivity index (χ3v) is 2.20. The van der Waals surface area contributed by atoms with Gasteiger partial charge in [0.15, 0.2) is 0 Å². The molecule has 4 heteroatoms. The highest BCUT2D eigenvalue weighted by molar-refractivity contribution is 8.52. The van der Waals surface area contributed by atoms with Crippen molar-refractivity contribution in [1.29, 1.82) is 0 Å². The van der Waals surface area contributed by atoms with Gasteiger partial charge in [0.25, 0.3) is 0 Å². The molecule has 2 nitrogen and oxygen atoms in total. The van der Waals surface area contributed by atoms with Crippen LogP contribution >= 0.6 is 19.0 Å². The second kappa shape index (κ2) is 3.88. The van der Waals surface area contributed by atoms with E-state index in [1.54, 1.807) is 0 Å². The van der Waals surface area contributed by atoms with E-state index in [9.17, 15) is 0 Å². The van der Waals surface area contributed by atoms with Gasteiger partial charge in [-0.25, -0.2) is 0 Å². The summed E-state index contributed by atoms with van der Waals surface area (Å²) in [5.41, 5.74) is 0. The van der Waals surface area contributed by atoms with Crippen molar-refractivity contribution in [3.05, 3.63) is 0 Å². The molecule has 0 aliphatic heterocycles. The van der Waals surface area contributed by atoms with Crippen LogP contribution in [0.4, 0.5) is 0 Å². The molecule has 0 radical (unpaired) electrons. The van der Waals surface area contributed by atoms with Gasteiger partial charge in [-0.1, -0.05) is 18.3 Å². The summed E-state index contributed by atoms with van der Waals surface area (Å²) >= 11 is 1.16. The van der Waals surface area contributed by atoms with E-state index in [2.05, 4.69) is 0 Å². The molecule has 0 saturated carbocycles. The summed E-state index contributed by atoms with van der Waals surface area (Å²) in [6.07, 6.45) is 0. The largest absolute Gasteiger partial charge is 0.342 e. The van der Waals surface area contributed by atoms with E-state index in [1.165, 1.54) is 0 Å². The van der Waals surface area contributed by atoms with Crippen LogP contribution in [0.15, 0.2) is 0 Å². The molecule has 0 unspecified atom stereocenters. The molecule has 0 amide bonds. The fraction of sp³-hybridized carbons (Fsp3) is 1.00. The molecule has 0 saturated heterocycles. The molecule has 0 rings (SSSR count). The lowest BCUT2D eigenvalue weighted by molar-refractivity contribution is 0.505. The van der Waals surface area contributed by atoms with E-state index < -0.39 is 7.58 Å². The van der Waals surface area contributed by atoms with Gasteiger partial charge in [-0.3, -0.25) is 0 Å². The maximum atomic E-state index is 8.14. The van der Waals surface area contributed by atoms with Crippen LogP contribution in [-0.2, 0) is 0 Å². The minimum absolute atomic E-state index is 0.776. The lowest BCUT2D eigenvalue weighted by Gasteiger charge is -1.92. The summed E-state index contributed by atoms with van der Waals surface area (Å²) in [7, 11) is -1.68. The molecule has 0 atom stereocenters. The van der Waals surface area contributed by atoms with Gasteiger partial charge < -0.3 is 9.79 Å². The van der Waals surface area contributed by atoms with E-state index in [0.29, 0.717) is 0 Å². The quantitative estimate of drug-likeness (QED) is 0.541. The minimum atomic E-state index is -1.68. The Morgan fingerprint density at radius 2 is 2.17 bits per heavy atom. The van der Waals surface area contributed by atoms with Crippen molar-refractivity contribution >= 4 is 19.0 Å². The zero-order valence-corrected chi connectivity index (χ0v) is 5.17. The van der Waals surface area contributed by atoms with Crippen LogP contribution < -0.4 is 0 Å². The molecule has 0 fully saturated rings. The van der Waals surface area contributed by atoms with Crippen LogP contribution in [0, 0.1) is 0 Å². The topological polar surface area (TPSA) is 40.5 Å². The summed E-state index contributed by atoms with van der Waals surface area (Å²) in [6.45, 7) is 1.88. The smallest absolute Gasteiger partial charge is 0.232 e. The van der Waals surface area contributed by atoms with E-state index in [4.69, 9.17) is 9.79 Å². The second-order valence-electron chi connectivity index (χ2n) is 0.671. The van der Waals surface area contributed by atoms with E-state index in [0.717, 1.165) is 17.1 Å². The summed E-state index contributed by atoms with van der Waals surface area (Å²) in [5.74, 6) is 0.776. The highest BCUT2D eigenvalue weighted by Gasteiger charge is 1.91. The van der Waals surface area contributed by atoms with Crippen molar-refractivity contribution in [2.45, 2.75) is 6.92 Å². The summed E-state index contributed by atoms with van der Waals surface area (Å²) < 4.78 is 0. The standard InChI is InChI=1S/C2H7O2PS/c1-2-6-5(3)4/h3-4H,2H2,1H3. The summed E-state index contributed by atoms with van der Waals surface area (Å²) in [5, 5.41) is 0.